The van der Waals surface area contributed by atoms with Crippen LogP contribution in [0.2, 0.25) is 0 Å². The van der Waals surface area contributed by atoms with Crippen LogP contribution in [0.1, 0.15) is 30.4 Å². The second-order valence-corrected chi connectivity index (χ2v) is 4.75. The van der Waals surface area contributed by atoms with Crippen molar-refractivity contribution >= 4 is 11.6 Å². The lowest BCUT2D eigenvalue weighted by Crippen LogP contribution is -2.27. The molecule has 2 rings (SSSR count). The zero-order valence-electron chi connectivity index (χ0n) is 10.7. The lowest BCUT2D eigenvalue weighted by molar-refractivity contribution is -0.123. The van der Waals surface area contributed by atoms with E-state index in [1.807, 2.05) is 25.1 Å². The zero-order chi connectivity index (χ0) is 13.0. The molecule has 0 saturated carbocycles. The summed E-state index contributed by atoms with van der Waals surface area (Å²) in [6, 6.07) is 5.76. The molecule has 1 aromatic carbocycles. The standard InChI is InChI=1S/C14H20N2O2/c1-10-11(4-2-6-13(10)15)9-16-14(17)8-12-5-3-7-18-12/h2,4,6,12H,3,5,7-9,15H2,1H3,(H,16,17). The Morgan fingerprint density at radius 3 is 3.11 bits per heavy atom. The van der Waals surface area contributed by atoms with E-state index < -0.39 is 0 Å². The van der Waals surface area contributed by atoms with Crippen LogP contribution in [0.5, 0.6) is 0 Å². The van der Waals surface area contributed by atoms with Crippen molar-refractivity contribution < 1.29 is 9.53 Å². The third kappa shape index (κ3) is 3.23. The lowest BCUT2D eigenvalue weighted by atomic mass is 10.1. The molecule has 1 heterocycles. The molecule has 1 fully saturated rings. The number of carbonyl (C=O) groups excluding carboxylic acids is 1. The summed E-state index contributed by atoms with van der Waals surface area (Å²) >= 11 is 0. The predicted molar refractivity (Wildman–Crippen MR) is 71.0 cm³/mol. The normalized spacial score (nSPS) is 18.8. The summed E-state index contributed by atoms with van der Waals surface area (Å²) in [5.74, 6) is 0.0451. The summed E-state index contributed by atoms with van der Waals surface area (Å²) in [7, 11) is 0. The minimum Gasteiger partial charge on any atom is -0.399 e. The van der Waals surface area contributed by atoms with Crippen molar-refractivity contribution in [2.24, 2.45) is 0 Å². The Hall–Kier alpha value is -1.55. The number of carbonyl (C=O) groups is 1. The van der Waals surface area contributed by atoms with Crippen molar-refractivity contribution in [1.29, 1.82) is 0 Å². The Morgan fingerprint density at radius 2 is 2.39 bits per heavy atom. The van der Waals surface area contributed by atoms with Gasteiger partial charge in [-0.25, -0.2) is 0 Å². The Balaban J connectivity index is 1.83. The molecule has 4 nitrogen and oxygen atoms in total. The summed E-state index contributed by atoms with van der Waals surface area (Å²) in [6.45, 7) is 3.28. The molecular weight excluding hydrogens is 228 g/mol. The van der Waals surface area contributed by atoms with E-state index in [0.717, 1.165) is 36.3 Å². The number of hydrogen-bond acceptors (Lipinski definition) is 3. The molecule has 1 saturated heterocycles. The molecule has 4 heteroatoms. The van der Waals surface area contributed by atoms with Crippen LogP contribution < -0.4 is 11.1 Å². The van der Waals surface area contributed by atoms with E-state index in [-0.39, 0.29) is 12.0 Å². The first kappa shape index (κ1) is 12.9. The number of nitrogen functional groups attached to an aromatic ring is 1. The van der Waals surface area contributed by atoms with Crippen molar-refractivity contribution in [2.45, 2.75) is 38.8 Å². The van der Waals surface area contributed by atoms with Gasteiger partial charge in [-0.05, 0) is 37.0 Å². The molecule has 1 aromatic rings. The van der Waals surface area contributed by atoms with Gasteiger partial charge >= 0.3 is 0 Å². The number of ether oxygens (including phenoxy) is 1. The van der Waals surface area contributed by atoms with E-state index in [1.54, 1.807) is 0 Å². The maximum atomic E-state index is 11.7. The molecule has 1 atom stereocenters. The molecule has 0 aromatic heterocycles. The minimum atomic E-state index is 0.0451. The van der Waals surface area contributed by atoms with Crippen LogP contribution >= 0.6 is 0 Å². The van der Waals surface area contributed by atoms with Crippen molar-refractivity contribution in [3.05, 3.63) is 29.3 Å². The number of anilines is 1. The lowest BCUT2D eigenvalue weighted by Gasteiger charge is -2.12. The third-order valence-electron chi connectivity index (χ3n) is 3.40. The van der Waals surface area contributed by atoms with E-state index >= 15 is 0 Å². The largest absolute Gasteiger partial charge is 0.399 e. The number of nitrogens with two attached hydrogens (primary N) is 1. The topological polar surface area (TPSA) is 64.3 Å². The Kier molecular flexibility index (Phi) is 4.20. The molecule has 1 aliphatic rings. The highest BCUT2D eigenvalue weighted by atomic mass is 16.5. The molecule has 1 aliphatic heterocycles. The van der Waals surface area contributed by atoms with Gasteiger partial charge in [0.15, 0.2) is 0 Å². The number of rotatable bonds is 4. The summed E-state index contributed by atoms with van der Waals surface area (Å²) in [4.78, 5) is 11.7. The molecule has 1 unspecified atom stereocenters. The number of benzene rings is 1. The van der Waals surface area contributed by atoms with Gasteiger partial charge in [-0.15, -0.1) is 0 Å². The van der Waals surface area contributed by atoms with Crippen LogP contribution in [0.25, 0.3) is 0 Å². The van der Waals surface area contributed by atoms with E-state index in [9.17, 15) is 4.79 Å². The molecule has 0 aliphatic carbocycles. The average Bonchev–Trinajstić information content (AvgIpc) is 2.84. The van der Waals surface area contributed by atoms with E-state index in [2.05, 4.69) is 5.32 Å². The summed E-state index contributed by atoms with van der Waals surface area (Å²) < 4.78 is 5.44. The van der Waals surface area contributed by atoms with Gasteiger partial charge in [0.1, 0.15) is 0 Å². The Labute approximate surface area is 108 Å². The molecule has 0 bridgehead atoms. The summed E-state index contributed by atoms with van der Waals surface area (Å²) in [5.41, 5.74) is 8.69. The van der Waals surface area contributed by atoms with Crippen molar-refractivity contribution in [3.63, 3.8) is 0 Å². The Morgan fingerprint density at radius 1 is 1.56 bits per heavy atom. The first-order valence-corrected chi connectivity index (χ1v) is 6.39. The fourth-order valence-corrected chi connectivity index (χ4v) is 2.17. The van der Waals surface area contributed by atoms with Crippen LogP contribution in [0.15, 0.2) is 18.2 Å². The van der Waals surface area contributed by atoms with Crippen molar-refractivity contribution in [2.75, 3.05) is 12.3 Å². The first-order chi connectivity index (χ1) is 8.66. The van der Waals surface area contributed by atoms with Crippen LogP contribution in [0.3, 0.4) is 0 Å². The van der Waals surface area contributed by atoms with Gasteiger partial charge in [-0.1, -0.05) is 12.1 Å². The molecule has 0 radical (unpaired) electrons. The van der Waals surface area contributed by atoms with E-state index in [0.29, 0.717) is 13.0 Å². The minimum absolute atomic E-state index is 0.0451. The van der Waals surface area contributed by atoms with Crippen LogP contribution in [-0.4, -0.2) is 18.6 Å². The SMILES string of the molecule is Cc1c(N)cccc1CNC(=O)CC1CCCO1. The molecular formula is C14H20N2O2. The van der Waals surface area contributed by atoms with E-state index in [4.69, 9.17) is 10.5 Å². The maximum absolute atomic E-state index is 11.7. The highest BCUT2D eigenvalue weighted by Gasteiger charge is 2.18. The average molecular weight is 248 g/mol. The third-order valence-corrected chi connectivity index (χ3v) is 3.40. The number of nitrogens with one attached hydrogen (secondary N) is 1. The van der Waals surface area contributed by atoms with Crippen LogP contribution in [0.4, 0.5) is 5.69 Å². The molecule has 0 spiro atoms. The van der Waals surface area contributed by atoms with E-state index in [1.165, 1.54) is 0 Å². The second kappa shape index (κ2) is 5.87. The predicted octanol–water partition coefficient (Wildman–Crippen LogP) is 1.76. The fourth-order valence-electron chi connectivity index (χ4n) is 2.17. The van der Waals surface area contributed by atoms with Gasteiger partial charge in [-0.3, -0.25) is 4.79 Å². The summed E-state index contributed by atoms with van der Waals surface area (Å²) in [6.07, 6.45) is 2.62. The van der Waals surface area contributed by atoms with Gasteiger partial charge < -0.3 is 15.8 Å². The molecule has 1 amide bonds. The maximum Gasteiger partial charge on any atom is 0.222 e. The van der Waals surface area contributed by atoms with Gasteiger partial charge in [-0.2, -0.15) is 0 Å². The zero-order valence-corrected chi connectivity index (χ0v) is 10.7. The van der Waals surface area contributed by atoms with Gasteiger partial charge in [0.2, 0.25) is 5.91 Å². The Bertz CT molecular complexity index is 426. The molecule has 18 heavy (non-hydrogen) atoms. The van der Waals surface area contributed by atoms with Crippen LogP contribution in [0, 0.1) is 6.92 Å². The molecule has 3 N–H and O–H groups in total. The fraction of sp³-hybridized carbons (Fsp3) is 0.500. The highest BCUT2D eigenvalue weighted by molar-refractivity contribution is 5.76. The summed E-state index contributed by atoms with van der Waals surface area (Å²) in [5, 5.41) is 2.92. The smallest absolute Gasteiger partial charge is 0.222 e. The first-order valence-electron chi connectivity index (χ1n) is 6.39. The second-order valence-electron chi connectivity index (χ2n) is 4.75. The van der Waals surface area contributed by atoms with Gasteiger partial charge in [0.25, 0.3) is 0 Å². The van der Waals surface area contributed by atoms with Gasteiger partial charge in [0.05, 0.1) is 12.5 Å². The van der Waals surface area contributed by atoms with Crippen LogP contribution in [-0.2, 0) is 16.1 Å². The quantitative estimate of drug-likeness (QED) is 0.798. The monoisotopic (exact) mass is 248 g/mol. The van der Waals surface area contributed by atoms with Crippen molar-refractivity contribution in [1.82, 2.24) is 5.32 Å². The number of amides is 1. The van der Waals surface area contributed by atoms with Crippen molar-refractivity contribution in [3.8, 4) is 0 Å². The van der Waals surface area contributed by atoms with Gasteiger partial charge in [0, 0.05) is 18.8 Å². The number of hydrogen-bond donors (Lipinski definition) is 2. The molecule has 98 valence electrons. The highest BCUT2D eigenvalue weighted by Crippen LogP contribution is 2.16.